The second-order valence-electron chi connectivity index (χ2n) is 4.94. The van der Waals surface area contributed by atoms with Crippen molar-refractivity contribution in [2.45, 2.75) is 46.6 Å². The van der Waals surface area contributed by atoms with E-state index in [9.17, 15) is 0 Å². The molecule has 0 saturated carbocycles. The first-order chi connectivity index (χ1) is 7.63. The SMILES string of the molecule is CCNC(CCc1cccc(C)c1)C(C)C. The summed E-state index contributed by atoms with van der Waals surface area (Å²) in [7, 11) is 0. The number of hydrogen-bond donors (Lipinski definition) is 1. The van der Waals surface area contributed by atoms with E-state index < -0.39 is 0 Å². The van der Waals surface area contributed by atoms with Gasteiger partial charge in [0.15, 0.2) is 0 Å². The molecule has 1 heteroatoms. The van der Waals surface area contributed by atoms with Crippen LogP contribution in [0.4, 0.5) is 0 Å². The molecule has 0 radical (unpaired) electrons. The first-order valence-electron chi connectivity index (χ1n) is 6.42. The van der Waals surface area contributed by atoms with Crippen molar-refractivity contribution < 1.29 is 0 Å². The fourth-order valence-electron chi connectivity index (χ4n) is 2.12. The lowest BCUT2D eigenvalue weighted by Crippen LogP contribution is -2.34. The molecule has 1 unspecified atom stereocenters. The normalized spacial score (nSPS) is 13.1. The monoisotopic (exact) mass is 219 g/mol. The summed E-state index contributed by atoms with van der Waals surface area (Å²) in [5.74, 6) is 0.713. The van der Waals surface area contributed by atoms with Crippen LogP contribution in [0.1, 0.15) is 38.3 Å². The zero-order valence-electron chi connectivity index (χ0n) is 11.1. The zero-order chi connectivity index (χ0) is 12.0. The highest BCUT2D eigenvalue weighted by atomic mass is 14.9. The Morgan fingerprint density at radius 1 is 1.25 bits per heavy atom. The van der Waals surface area contributed by atoms with Gasteiger partial charge < -0.3 is 5.32 Å². The van der Waals surface area contributed by atoms with Crippen LogP contribution in [0.5, 0.6) is 0 Å². The highest BCUT2D eigenvalue weighted by Gasteiger charge is 2.11. The third-order valence-corrected chi connectivity index (χ3v) is 3.10. The molecule has 0 saturated heterocycles. The van der Waals surface area contributed by atoms with Crippen LogP contribution in [0, 0.1) is 12.8 Å². The lowest BCUT2D eigenvalue weighted by Gasteiger charge is -2.21. The molecule has 1 N–H and O–H groups in total. The van der Waals surface area contributed by atoms with Crippen molar-refractivity contribution in [2.75, 3.05) is 6.54 Å². The van der Waals surface area contributed by atoms with E-state index in [-0.39, 0.29) is 0 Å². The van der Waals surface area contributed by atoms with Crippen LogP contribution in [0.25, 0.3) is 0 Å². The average Bonchev–Trinajstić information content (AvgIpc) is 2.24. The fraction of sp³-hybridized carbons (Fsp3) is 0.600. The summed E-state index contributed by atoms with van der Waals surface area (Å²) in [4.78, 5) is 0. The molecule has 1 nitrogen and oxygen atoms in total. The third kappa shape index (κ3) is 4.36. The molecule has 0 spiro atoms. The average molecular weight is 219 g/mol. The Balaban J connectivity index is 2.48. The Morgan fingerprint density at radius 3 is 2.56 bits per heavy atom. The molecule has 16 heavy (non-hydrogen) atoms. The maximum Gasteiger partial charge on any atom is 0.00931 e. The number of aryl methyl sites for hydroxylation is 2. The van der Waals surface area contributed by atoms with Gasteiger partial charge in [-0.1, -0.05) is 50.6 Å². The maximum atomic E-state index is 3.57. The quantitative estimate of drug-likeness (QED) is 0.771. The van der Waals surface area contributed by atoms with E-state index in [0.717, 1.165) is 6.54 Å². The van der Waals surface area contributed by atoms with Crippen molar-refractivity contribution in [3.05, 3.63) is 35.4 Å². The minimum Gasteiger partial charge on any atom is -0.314 e. The Labute approximate surface area is 100 Å². The summed E-state index contributed by atoms with van der Waals surface area (Å²) in [6.07, 6.45) is 2.41. The number of rotatable bonds is 6. The molecular weight excluding hydrogens is 194 g/mol. The van der Waals surface area contributed by atoms with Gasteiger partial charge in [0.25, 0.3) is 0 Å². The van der Waals surface area contributed by atoms with Gasteiger partial charge >= 0.3 is 0 Å². The van der Waals surface area contributed by atoms with E-state index in [2.05, 4.69) is 57.3 Å². The largest absolute Gasteiger partial charge is 0.314 e. The molecule has 0 fully saturated rings. The van der Waals surface area contributed by atoms with Gasteiger partial charge in [0, 0.05) is 6.04 Å². The van der Waals surface area contributed by atoms with Gasteiger partial charge in [-0.15, -0.1) is 0 Å². The standard InChI is InChI=1S/C15H25N/c1-5-16-15(12(2)3)10-9-14-8-6-7-13(4)11-14/h6-8,11-12,15-16H,5,9-10H2,1-4H3. The molecule has 1 aromatic carbocycles. The first-order valence-corrected chi connectivity index (χ1v) is 6.42. The van der Waals surface area contributed by atoms with Crippen LogP contribution in [-0.4, -0.2) is 12.6 Å². The Bertz CT molecular complexity index is 304. The van der Waals surface area contributed by atoms with Crippen molar-refractivity contribution in [2.24, 2.45) is 5.92 Å². The summed E-state index contributed by atoms with van der Waals surface area (Å²) >= 11 is 0. The second-order valence-corrected chi connectivity index (χ2v) is 4.94. The van der Waals surface area contributed by atoms with E-state index in [0.29, 0.717) is 12.0 Å². The maximum absolute atomic E-state index is 3.57. The molecule has 0 amide bonds. The molecule has 90 valence electrons. The van der Waals surface area contributed by atoms with Crippen LogP contribution in [-0.2, 0) is 6.42 Å². The van der Waals surface area contributed by atoms with E-state index in [1.165, 1.54) is 24.0 Å². The Kier molecular flexibility index (Phi) is 5.54. The van der Waals surface area contributed by atoms with Gasteiger partial charge in [0.05, 0.1) is 0 Å². The van der Waals surface area contributed by atoms with Gasteiger partial charge in [-0.3, -0.25) is 0 Å². The van der Waals surface area contributed by atoms with Gasteiger partial charge in [0.2, 0.25) is 0 Å². The molecule has 0 bridgehead atoms. The van der Waals surface area contributed by atoms with Crippen LogP contribution >= 0.6 is 0 Å². The number of nitrogens with one attached hydrogen (secondary N) is 1. The molecule has 0 aliphatic rings. The highest BCUT2D eigenvalue weighted by Crippen LogP contribution is 2.12. The number of benzene rings is 1. The lowest BCUT2D eigenvalue weighted by molar-refractivity contribution is 0.385. The third-order valence-electron chi connectivity index (χ3n) is 3.10. The van der Waals surface area contributed by atoms with Crippen LogP contribution in [0.2, 0.25) is 0 Å². The van der Waals surface area contributed by atoms with E-state index in [4.69, 9.17) is 0 Å². The van der Waals surface area contributed by atoms with E-state index in [1.54, 1.807) is 0 Å². The predicted molar refractivity (Wildman–Crippen MR) is 71.8 cm³/mol. The van der Waals surface area contributed by atoms with Gasteiger partial charge in [-0.2, -0.15) is 0 Å². The fourth-order valence-corrected chi connectivity index (χ4v) is 2.12. The summed E-state index contributed by atoms with van der Waals surface area (Å²) < 4.78 is 0. The molecule has 1 aromatic rings. The number of hydrogen-bond acceptors (Lipinski definition) is 1. The second kappa shape index (κ2) is 6.70. The highest BCUT2D eigenvalue weighted by molar-refractivity contribution is 5.22. The van der Waals surface area contributed by atoms with Gasteiger partial charge in [-0.25, -0.2) is 0 Å². The summed E-state index contributed by atoms with van der Waals surface area (Å²) in [6.45, 7) is 10.00. The minimum atomic E-state index is 0.644. The van der Waals surface area contributed by atoms with Crippen molar-refractivity contribution in [3.8, 4) is 0 Å². The van der Waals surface area contributed by atoms with E-state index in [1.807, 2.05) is 0 Å². The molecule has 0 aromatic heterocycles. The first kappa shape index (κ1) is 13.2. The van der Waals surface area contributed by atoms with Crippen molar-refractivity contribution >= 4 is 0 Å². The van der Waals surface area contributed by atoms with Crippen molar-refractivity contribution in [1.82, 2.24) is 5.32 Å². The predicted octanol–water partition coefficient (Wildman–Crippen LogP) is 3.56. The lowest BCUT2D eigenvalue weighted by atomic mass is 9.96. The Hall–Kier alpha value is -0.820. The van der Waals surface area contributed by atoms with Gasteiger partial charge in [-0.05, 0) is 37.8 Å². The van der Waals surface area contributed by atoms with Crippen molar-refractivity contribution in [3.63, 3.8) is 0 Å². The molecule has 0 heterocycles. The molecule has 0 aliphatic carbocycles. The Morgan fingerprint density at radius 2 is 2.00 bits per heavy atom. The molecule has 1 rings (SSSR count). The molecule has 0 aliphatic heterocycles. The van der Waals surface area contributed by atoms with E-state index >= 15 is 0 Å². The van der Waals surface area contributed by atoms with Crippen LogP contribution in [0.15, 0.2) is 24.3 Å². The summed E-state index contributed by atoms with van der Waals surface area (Å²) in [5.41, 5.74) is 2.82. The molecule has 1 atom stereocenters. The van der Waals surface area contributed by atoms with Gasteiger partial charge in [0.1, 0.15) is 0 Å². The topological polar surface area (TPSA) is 12.0 Å². The smallest absolute Gasteiger partial charge is 0.00931 e. The van der Waals surface area contributed by atoms with Crippen molar-refractivity contribution in [1.29, 1.82) is 0 Å². The summed E-state index contributed by atoms with van der Waals surface area (Å²) in [5, 5.41) is 3.57. The van der Waals surface area contributed by atoms with Crippen LogP contribution in [0.3, 0.4) is 0 Å². The minimum absolute atomic E-state index is 0.644. The zero-order valence-corrected chi connectivity index (χ0v) is 11.1. The summed E-state index contributed by atoms with van der Waals surface area (Å²) in [6, 6.07) is 9.49. The molecular formula is C15H25N. The van der Waals surface area contributed by atoms with Crippen LogP contribution < -0.4 is 5.32 Å².